The van der Waals surface area contributed by atoms with E-state index >= 15 is 0 Å². The van der Waals surface area contributed by atoms with Gasteiger partial charge in [0.2, 0.25) is 10.0 Å². The predicted molar refractivity (Wildman–Crippen MR) is 87.8 cm³/mol. The number of benzene rings is 2. The van der Waals surface area contributed by atoms with Crippen LogP contribution >= 0.6 is 15.9 Å². The zero-order valence-corrected chi connectivity index (χ0v) is 14.2. The van der Waals surface area contributed by atoms with E-state index in [1.807, 2.05) is 6.92 Å². The number of hydrogen-bond acceptors (Lipinski definition) is 3. The average Bonchev–Trinajstić information content (AvgIpc) is 2.47. The molecule has 2 aromatic rings. The first-order valence-electron chi connectivity index (χ1n) is 6.46. The number of primary sulfonamides is 1. The molecule has 0 saturated heterocycles. The first-order valence-corrected chi connectivity index (χ1v) is 8.80. The van der Waals surface area contributed by atoms with E-state index in [9.17, 15) is 13.2 Å². The van der Waals surface area contributed by atoms with E-state index in [0.29, 0.717) is 5.56 Å². The molecule has 0 aromatic heterocycles. The number of halogens is 1. The summed E-state index contributed by atoms with van der Waals surface area (Å²) in [6, 6.07) is 12.9. The molecule has 0 bridgehead atoms. The number of nitrogens with one attached hydrogen (secondary N) is 1. The zero-order valence-electron chi connectivity index (χ0n) is 11.8. The Bertz CT molecular complexity index is 771. The van der Waals surface area contributed by atoms with Gasteiger partial charge in [0.25, 0.3) is 5.91 Å². The summed E-state index contributed by atoms with van der Waals surface area (Å²) in [6.07, 6.45) is 0. The third kappa shape index (κ3) is 4.16. The van der Waals surface area contributed by atoms with Crippen molar-refractivity contribution in [1.29, 1.82) is 0 Å². The molecule has 0 heterocycles. The van der Waals surface area contributed by atoms with E-state index in [-0.39, 0.29) is 16.8 Å². The molecular weight excluding hydrogens is 368 g/mol. The van der Waals surface area contributed by atoms with Gasteiger partial charge in [0.15, 0.2) is 0 Å². The third-order valence-electron chi connectivity index (χ3n) is 3.16. The average molecular weight is 383 g/mol. The highest BCUT2D eigenvalue weighted by Gasteiger charge is 2.13. The number of rotatable bonds is 4. The van der Waals surface area contributed by atoms with Crippen LogP contribution in [0.5, 0.6) is 0 Å². The molecule has 1 atom stereocenters. The molecule has 7 heteroatoms. The molecule has 0 spiro atoms. The Labute approximate surface area is 137 Å². The van der Waals surface area contributed by atoms with Crippen LogP contribution in [0.3, 0.4) is 0 Å². The fraction of sp³-hybridized carbons (Fsp3) is 0.133. The lowest BCUT2D eigenvalue weighted by Crippen LogP contribution is -2.26. The fourth-order valence-electron chi connectivity index (χ4n) is 1.91. The topological polar surface area (TPSA) is 89.3 Å². The number of nitrogens with two attached hydrogens (primary N) is 1. The van der Waals surface area contributed by atoms with Crippen LogP contribution in [0.1, 0.15) is 28.9 Å². The summed E-state index contributed by atoms with van der Waals surface area (Å²) < 4.78 is 23.3. The maximum atomic E-state index is 12.1. The van der Waals surface area contributed by atoms with Crippen molar-refractivity contribution in [3.63, 3.8) is 0 Å². The second-order valence-electron chi connectivity index (χ2n) is 4.82. The number of carbonyl (C=O) groups excluding carboxylic acids is 1. The van der Waals surface area contributed by atoms with Crippen molar-refractivity contribution in [1.82, 2.24) is 5.32 Å². The molecule has 0 saturated carbocycles. The van der Waals surface area contributed by atoms with Crippen LogP contribution in [0.2, 0.25) is 0 Å². The number of amides is 1. The molecule has 1 amide bonds. The van der Waals surface area contributed by atoms with Crippen LogP contribution < -0.4 is 10.5 Å². The van der Waals surface area contributed by atoms with Gasteiger partial charge in [-0.05, 0) is 48.9 Å². The van der Waals surface area contributed by atoms with Gasteiger partial charge < -0.3 is 5.32 Å². The quantitative estimate of drug-likeness (QED) is 0.851. The van der Waals surface area contributed by atoms with Crippen molar-refractivity contribution >= 4 is 31.9 Å². The van der Waals surface area contributed by atoms with E-state index in [1.165, 1.54) is 12.1 Å². The lowest BCUT2D eigenvalue weighted by Gasteiger charge is -2.15. The Hall–Kier alpha value is -1.70. The summed E-state index contributed by atoms with van der Waals surface area (Å²) in [7, 11) is -3.71. The molecule has 2 aromatic carbocycles. The lowest BCUT2D eigenvalue weighted by atomic mass is 10.1. The van der Waals surface area contributed by atoms with Gasteiger partial charge >= 0.3 is 0 Å². The largest absolute Gasteiger partial charge is 0.346 e. The molecule has 0 fully saturated rings. The summed E-state index contributed by atoms with van der Waals surface area (Å²) in [5.74, 6) is -0.199. The Morgan fingerprint density at radius 2 is 1.64 bits per heavy atom. The van der Waals surface area contributed by atoms with Crippen molar-refractivity contribution in [2.75, 3.05) is 0 Å². The van der Waals surface area contributed by atoms with Crippen LogP contribution in [0.4, 0.5) is 0 Å². The molecule has 2 rings (SSSR count). The zero-order chi connectivity index (χ0) is 16.3. The summed E-state index contributed by atoms with van der Waals surface area (Å²) in [5, 5.41) is 7.91. The van der Waals surface area contributed by atoms with Gasteiger partial charge in [-0.25, -0.2) is 13.6 Å². The molecular formula is C15H15BrN2O3S. The molecule has 0 aliphatic heterocycles. The van der Waals surface area contributed by atoms with Gasteiger partial charge in [-0.3, -0.25) is 4.79 Å². The summed E-state index contributed by atoms with van der Waals surface area (Å²) in [4.78, 5) is 12.2. The standard InChI is InChI=1S/C15H15BrN2O3S/c1-10(11-4-8-14(9-5-11)22(17,20)21)18-15(19)12-2-6-13(16)7-3-12/h2-10H,1H3,(H,18,19)(H2,17,20,21). The Kier molecular flexibility index (Phi) is 5.00. The number of hydrogen-bond donors (Lipinski definition) is 2. The van der Waals surface area contributed by atoms with Gasteiger partial charge in [0, 0.05) is 10.0 Å². The van der Waals surface area contributed by atoms with Crippen LogP contribution in [0, 0.1) is 0 Å². The van der Waals surface area contributed by atoms with E-state index in [4.69, 9.17) is 5.14 Å². The third-order valence-corrected chi connectivity index (χ3v) is 4.62. The molecule has 1 unspecified atom stereocenters. The van der Waals surface area contributed by atoms with Crippen LogP contribution in [-0.4, -0.2) is 14.3 Å². The summed E-state index contributed by atoms with van der Waals surface area (Å²) in [5.41, 5.74) is 1.34. The summed E-state index contributed by atoms with van der Waals surface area (Å²) >= 11 is 3.31. The highest BCUT2D eigenvalue weighted by atomic mass is 79.9. The van der Waals surface area contributed by atoms with E-state index in [1.54, 1.807) is 36.4 Å². The Balaban J connectivity index is 2.10. The Morgan fingerprint density at radius 3 is 2.14 bits per heavy atom. The van der Waals surface area contributed by atoms with Gasteiger partial charge in [-0.2, -0.15) is 0 Å². The van der Waals surface area contributed by atoms with Crippen LogP contribution in [0.15, 0.2) is 57.9 Å². The lowest BCUT2D eigenvalue weighted by molar-refractivity contribution is 0.0940. The fourth-order valence-corrected chi connectivity index (χ4v) is 2.69. The van der Waals surface area contributed by atoms with Crippen molar-refractivity contribution in [2.45, 2.75) is 17.9 Å². The second-order valence-corrected chi connectivity index (χ2v) is 7.29. The maximum absolute atomic E-state index is 12.1. The van der Waals surface area contributed by atoms with E-state index in [2.05, 4.69) is 21.2 Å². The van der Waals surface area contributed by atoms with Crippen molar-refractivity contribution in [3.05, 3.63) is 64.1 Å². The van der Waals surface area contributed by atoms with E-state index in [0.717, 1.165) is 10.0 Å². The van der Waals surface area contributed by atoms with Crippen molar-refractivity contribution in [2.24, 2.45) is 5.14 Å². The van der Waals surface area contributed by atoms with Gasteiger partial charge in [-0.15, -0.1) is 0 Å². The first kappa shape index (κ1) is 16.7. The molecule has 22 heavy (non-hydrogen) atoms. The predicted octanol–water partition coefficient (Wildman–Crippen LogP) is 2.59. The normalized spacial score (nSPS) is 12.7. The molecule has 116 valence electrons. The molecule has 0 aliphatic carbocycles. The highest BCUT2D eigenvalue weighted by Crippen LogP contribution is 2.17. The van der Waals surface area contributed by atoms with Gasteiger partial charge in [0.1, 0.15) is 0 Å². The minimum atomic E-state index is -3.71. The van der Waals surface area contributed by atoms with Crippen LogP contribution in [0.25, 0.3) is 0 Å². The monoisotopic (exact) mass is 382 g/mol. The van der Waals surface area contributed by atoms with Gasteiger partial charge in [-0.1, -0.05) is 28.1 Å². The van der Waals surface area contributed by atoms with Gasteiger partial charge in [0.05, 0.1) is 10.9 Å². The van der Waals surface area contributed by atoms with Crippen molar-refractivity contribution in [3.8, 4) is 0 Å². The highest BCUT2D eigenvalue weighted by molar-refractivity contribution is 9.10. The molecule has 5 nitrogen and oxygen atoms in total. The maximum Gasteiger partial charge on any atom is 0.251 e. The SMILES string of the molecule is CC(NC(=O)c1ccc(Br)cc1)c1ccc(S(N)(=O)=O)cc1. The minimum Gasteiger partial charge on any atom is -0.346 e. The molecule has 0 aliphatic rings. The summed E-state index contributed by atoms with van der Waals surface area (Å²) in [6.45, 7) is 1.82. The second kappa shape index (κ2) is 6.60. The first-order chi connectivity index (χ1) is 10.3. The van der Waals surface area contributed by atoms with E-state index < -0.39 is 10.0 Å². The van der Waals surface area contributed by atoms with Crippen molar-refractivity contribution < 1.29 is 13.2 Å². The molecule has 0 radical (unpaired) electrons. The molecule has 3 N–H and O–H groups in total. The van der Waals surface area contributed by atoms with Crippen LogP contribution in [-0.2, 0) is 10.0 Å². The number of sulfonamides is 1. The Morgan fingerprint density at radius 1 is 1.09 bits per heavy atom. The minimum absolute atomic E-state index is 0.0442. The number of carbonyl (C=O) groups is 1. The smallest absolute Gasteiger partial charge is 0.251 e.